The minimum absolute atomic E-state index is 0.00305. The molecule has 0 aliphatic carbocycles. The third kappa shape index (κ3) is 6.08. The first-order chi connectivity index (χ1) is 19.1. The van der Waals surface area contributed by atoms with E-state index in [0.29, 0.717) is 0 Å². The van der Waals surface area contributed by atoms with Crippen molar-refractivity contribution in [3.05, 3.63) is 39.4 Å². The molecule has 4 heterocycles. The number of H-pyrrole nitrogens is 1. The molecule has 2 aromatic heterocycles. The Bertz CT molecular complexity index is 1380. The number of alkyl halides is 6. The number of likely N-dealkylation sites (N-methyl/N-ethyl adjacent to an activating group) is 1. The molecule has 11 nitrogen and oxygen atoms in total. The molecule has 2 aromatic rings. The number of hydrogen-bond donors (Lipinski definition) is 2. The van der Waals surface area contributed by atoms with Crippen LogP contribution in [0.4, 0.5) is 43.5 Å². The lowest BCUT2D eigenvalue weighted by Gasteiger charge is -2.47. The molecule has 17 heteroatoms. The lowest BCUT2D eigenvalue weighted by molar-refractivity contribution is -0.139. The number of piperazine rings is 1. The van der Waals surface area contributed by atoms with Gasteiger partial charge in [0, 0.05) is 32.4 Å². The van der Waals surface area contributed by atoms with Gasteiger partial charge in [-0.2, -0.15) is 31.4 Å². The minimum Gasteiger partial charge on any atom is -0.379 e. The zero-order chi connectivity index (χ0) is 30.3. The number of carbonyl (C=O) groups is 2. The van der Waals surface area contributed by atoms with Crippen LogP contribution in [0.2, 0.25) is 0 Å². The van der Waals surface area contributed by atoms with Crippen LogP contribution in [0.3, 0.4) is 0 Å². The highest BCUT2D eigenvalue weighted by Gasteiger charge is 2.45. The summed E-state index contributed by atoms with van der Waals surface area (Å²) in [5, 5.41) is 7.66. The van der Waals surface area contributed by atoms with E-state index in [1.807, 2.05) is 0 Å². The van der Waals surface area contributed by atoms with Gasteiger partial charge < -0.3 is 24.8 Å². The van der Waals surface area contributed by atoms with Gasteiger partial charge in [0.25, 0.3) is 11.5 Å². The SMILES string of the molecule is Cc1c(C(F)(F)F)cnc2c1N(C)C(=O)[C@@H]1CN(C(=O)CCOC[C@H](C)Nc3cn[nH]c(=O)c3C(F)(F)F)CCN21. The van der Waals surface area contributed by atoms with E-state index >= 15 is 0 Å². The van der Waals surface area contributed by atoms with Crippen molar-refractivity contribution in [2.75, 3.05) is 55.0 Å². The zero-order valence-electron chi connectivity index (χ0n) is 22.2. The normalized spacial score (nSPS) is 18.2. The number of ether oxygens (including phenoxy) is 1. The van der Waals surface area contributed by atoms with E-state index in [0.717, 1.165) is 17.3 Å². The lowest BCUT2D eigenvalue weighted by Crippen LogP contribution is -2.63. The van der Waals surface area contributed by atoms with Crippen molar-refractivity contribution in [3.8, 4) is 0 Å². The molecular formula is C24H27F6N7O4. The van der Waals surface area contributed by atoms with Crippen LogP contribution in [-0.4, -0.2) is 83.9 Å². The maximum atomic E-state index is 13.4. The smallest absolute Gasteiger partial charge is 0.379 e. The molecule has 2 atom stereocenters. The summed E-state index contributed by atoms with van der Waals surface area (Å²) in [5.41, 5.74) is -4.26. The second kappa shape index (κ2) is 11.2. The van der Waals surface area contributed by atoms with Crippen LogP contribution < -0.4 is 20.7 Å². The first-order valence-electron chi connectivity index (χ1n) is 12.5. The molecule has 0 radical (unpaired) electrons. The van der Waals surface area contributed by atoms with Crippen molar-refractivity contribution < 1.29 is 40.7 Å². The highest BCUT2D eigenvalue weighted by atomic mass is 19.4. The van der Waals surface area contributed by atoms with Gasteiger partial charge in [-0.3, -0.25) is 14.4 Å². The molecule has 2 amide bonds. The molecule has 2 N–H and O–H groups in total. The molecule has 2 aliphatic heterocycles. The average Bonchev–Trinajstić information content (AvgIpc) is 2.87. The van der Waals surface area contributed by atoms with E-state index in [2.05, 4.69) is 15.4 Å². The van der Waals surface area contributed by atoms with E-state index in [9.17, 15) is 40.7 Å². The quantitative estimate of drug-likeness (QED) is 0.372. The van der Waals surface area contributed by atoms with E-state index in [1.165, 1.54) is 25.8 Å². The summed E-state index contributed by atoms with van der Waals surface area (Å²) in [6.07, 6.45) is -8.01. The van der Waals surface area contributed by atoms with Gasteiger partial charge in [0.2, 0.25) is 5.91 Å². The van der Waals surface area contributed by atoms with Gasteiger partial charge in [-0.1, -0.05) is 0 Å². The highest BCUT2D eigenvalue weighted by molar-refractivity contribution is 6.06. The maximum Gasteiger partial charge on any atom is 0.423 e. The third-order valence-electron chi connectivity index (χ3n) is 6.92. The topological polar surface area (TPSA) is 124 Å². The highest BCUT2D eigenvalue weighted by Crippen LogP contribution is 2.42. The number of nitrogens with one attached hydrogen (secondary N) is 2. The second-order valence-corrected chi connectivity index (χ2v) is 9.77. The van der Waals surface area contributed by atoms with Crippen LogP contribution in [0.5, 0.6) is 0 Å². The summed E-state index contributed by atoms with van der Waals surface area (Å²) in [6, 6.07) is -1.49. The molecule has 0 bridgehead atoms. The number of anilines is 3. The first kappa shape index (κ1) is 30.1. The maximum absolute atomic E-state index is 13.4. The number of hydrogen-bond acceptors (Lipinski definition) is 8. The fraction of sp³-hybridized carbons (Fsp3) is 0.542. The predicted molar refractivity (Wildman–Crippen MR) is 133 cm³/mol. The van der Waals surface area contributed by atoms with Crippen LogP contribution in [-0.2, 0) is 26.7 Å². The number of carbonyl (C=O) groups excluding carboxylic acids is 2. The molecule has 0 spiro atoms. The fourth-order valence-electron chi connectivity index (χ4n) is 4.96. The Morgan fingerprint density at radius 2 is 1.88 bits per heavy atom. The zero-order valence-corrected chi connectivity index (χ0v) is 22.2. The number of rotatable bonds is 7. The second-order valence-electron chi connectivity index (χ2n) is 9.77. The first-order valence-corrected chi connectivity index (χ1v) is 12.5. The largest absolute Gasteiger partial charge is 0.423 e. The number of pyridine rings is 1. The summed E-state index contributed by atoms with van der Waals surface area (Å²) in [6.45, 7) is 3.03. The van der Waals surface area contributed by atoms with E-state index < -0.39 is 52.7 Å². The molecule has 0 aromatic carbocycles. The Morgan fingerprint density at radius 1 is 1.17 bits per heavy atom. The molecule has 4 rings (SSSR count). The Kier molecular flexibility index (Phi) is 8.20. The van der Waals surface area contributed by atoms with Gasteiger partial charge in [-0.15, -0.1) is 0 Å². The minimum atomic E-state index is -4.90. The predicted octanol–water partition coefficient (Wildman–Crippen LogP) is 2.41. The monoisotopic (exact) mass is 591 g/mol. The third-order valence-corrected chi connectivity index (χ3v) is 6.92. The van der Waals surface area contributed by atoms with E-state index in [4.69, 9.17) is 4.74 Å². The van der Waals surface area contributed by atoms with Gasteiger partial charge >= 0.3 is 12.4 Å². The molecule has 1 saturated heterocycles. The number of aromatic amines is 1. The number of amides is 2. The average molecular weight is 592 g/mol. The lowest BCUT2D eigenvalue weighted by atomic mass is 10.0. The summed E-state index contributed by atoms with van der Waals surface area (Å²) in [5.74, 6) is -0.562. The van der Waals surface area contributed by atoms with Gasteiger partial charge in [-0.05, 0) is 19.4 Å². The van der Waals surface area contributed by atoms with Crippen LogP contribution in [0.1, 0.15) is 30.0 Å². The fourth-order valence-corrected chi connectivity index (χ4v) is 4.96. The van der Waals surface area contributed by atoms with Crippen LogP contribution >= 0.6 is 0 Å². The molecule has 41 heavy (non-hydrogen) atoms. The standard InChI is InChI=1S/C24H27F6N7O4/c1-12(33-15-9-32-34-21(39)18(15)24(28,29)30)11-41-7-4-17(38)36-5-6-37-16(10-36)22(40)35(3)19-13(2)14(23(25,26)27)8-31-20(19)37/h8-9,12,16H,4-7,10-11H2,1-3H3,(H2,33,34,39)/t12-,16-/m0/s1. The van der Waals surface area contributed by atoms with Crippen molar-refractivity contribution in [2.45, 2.75) is 44.7 Å². The van der Waals surface area contributed by atoms with E-state index in [1.54, 1.807) is 10.00 Å². The number of fused-ring (bicyclic) bond motifs is 3. The Labute approximate surface area is 229 Å². The Morgan fingerprint density at radius 3 is 2.54 bits per heavy atom. The van der Waals surface area contributed by atoms with Crippen molar-refractivity contribution >= 4 is 29.0 Å². The Hall–Kier alpha value is -3.89. The summed E-state index contributed by atoms with van der Waals surface area (Å²) >= 11 is 0. The molecule has 0 unspecified atom stereocenters. The number of nitrogens with zero attached hydrogens (tertiary/aromatic N) is 5. The number of halogens is 6. The van der Waals surface area contributed by atoms with Gasteiger partial charge in [0.05, 0.1) is 49.3 Å². The molecule has 1 fully saturated rings. The van der Waals surface area contributed by atoms with Gasteiger partial charge in [0.15, 0.2) is 5.82 Å². The van der Waals surface area contributed by atoms with Crippen molar-refractivity contribution in [1.82, 2.24) is 20.1 Å². The van der Waals surface area contributed by atoms with Gasteiger partial charge in [0.1, 0.15) is 11.6 Å². The molecule has 2 aliphatic rings. The molecule has 224 valence electrons. The van der Waals surface area contributed by atoms with Crippen molar-refractivity contribution in [3.63, 3.8) is 0 Å². The number of aromatic nitrogens is 3. The van der Waals surface area contributed by atoms with Gasteiger partial charge in [-0.25, -0.2) is 10.1 Å². The van der Waals surface area contributed by atoms with Crippen LogP contribution in [0.15, 0.2) is 17.2 Å². The summed E-state index contributed by atoms with van der Waals surface area (Å²) in [7, 11) is 1.37. The Balaban J connectivity index is 1.32. The van der Waals surface area contributed by atoms with Crippen LogP contribution in [0, 0.1) is 6.92 Å². The van der Waals surface area contributed by atoms with Crippen LogP contribution in [0.25, 0.3) is 0 Å². The van der Waals surface area contributed by atoms with Crippen molar-refractivity contribution in [1.29, 1.82) is 0 Å². The summed E-state index contributed by atoms with van der Waals surface area (Å²) < 4.78 is 85.2. The summed E-state index contributed by atoms with van der Waals surface area (Å²) in [4.78, 5) is 45.7. The molecule has 0 saturated carbocycles. The van der Waals surface area contributed by atoms with E-state index in [-0.39, 0.29) is 62.2 Å². The molecular weight excluding hydrogens is 564 g/mol. The van der Waals surface area contributed by atoms with Crippen molar-refractivity contribution in [2.24, 2.45) is 0 Å².